The van der Waals surface area contributed by atoms with Gasteiger partial charge in [-0.3, -0.25) is 0 Å². The zero-order valence-electron chi connectivity index (χ0n) is 12.9. The molecule has 7 rings (SSSR count). The van der Waals surface area contributed by atoms with E-state index in [-0.39, 0.29) is 0 Å². The first-order chi connectivity index (χ1) is 8.21. The van der Waals surface area contributed by atoms with Gasteiger partial charge in [0.05, 0.1) is 0 Å². The fourth-order valence-corrected chi connectivity index (χ4v) is 10.1. The van der Waals surface area contributed by atoms with Gasteiger partial charge in [-0.2, -0.15) is 0 Å². The molecule has 7 fully saturated rings. The molecule has 9 atom stereocenters. The highest BCUT2D eigenvalue weighted by molar-refractivity contribution is 5.42. The van der Waals surface area contributed by atoms with E-state index in [2.05, 4.69) is 41.5 Å². The molecule has 0 N–H and O–H groups in total. The van der Waals surface area contributed by atoms with Crippen molar-refractivity contribution in [3.8, 4) is 0 Å². The summed E-state index contributed by atoms with van der Waals surface area (Å²) in [6.07, 6.45) is 4.71. The van der Waals surface area contributed by atoms with Gasteiger partial charge in [0.25, 0.3) is 0 Å². The van der Waals surface area contributed by atoms with Crippen molar-refractivity contribution in [3.05, 3.63) is 0 Å². The van der Waals surface area contributed by atoms with E-state index in [0.717, 1.165) is 29.1 Å². The van der Waals surface area contributed by atoms with E-state index in [1.165, 1.54) is 0 Å². The van der Waals surface area contributed by atoms with Crippen molar-refractivity contribution in [2.75, 3.05) is 0 Å². The van der Waals surface area contributed by atoms with Crippen molar-refractivity contribution in [2.45, 2.75) is 60.8 Å². The lowest BCUT2D eigenvalue weighted by molar-refractivity contribution is -0.151. The van der Waals surface area contributed by atoms with Crippen LogP contribution in [-0.4, -0.2) is 0 Å². The van der Waals surface area contributed by atoms with E-state index in [0.29, 0.717) is 21.7 Å². The van der Waals surface area contributed by atoms with Gasteiger partial charge in [0, 0.05) is 0 Å². The smallest absolute Gasteiger partial charge is 0.0148 e. The van der Waals surface area contributed by atoms with Crippen LogP contribution in [-0.2, 0) is 0 Å². The van der Waals surface area contributed by atoms with Gasteiger partial charge in [-0.05, 0) is 70.0 Å². The van der Waals surface area contributed by atoms with Gasteiger partial charge in [0.2, 0.25) is 0 Å². The van der Waals surface area contributed by atoms with E-state index < -0.39 is 0 Å². The molecule has 0 aromatic rings. The Morgan fingerprint density at radius 3 is 2.00 bits per heavy atom. The summed E-state index contributed by atoms with van der Waals surface area (Å²) < 4.78 is 0. The van der Waals surface area contributed by atoms with Crippen LogP contribution in [0.2, 0.25) is 0 Å². The van der Waals surface area contributed by atoms with Gasteiger partial charge in [-0.1, -0.05) is 41.5 Å². The first-order valence-corrected chi connectivity index (χ1v) is 8.21. The van der Waals surface area contributed by atoms with Crippen molar-refractivity contribution >= 4 is 0 Å². The lowest BCUT2D eigenvalue weighted by atomic mass is 9.41. The van der Waals surface area contributed by atoms with Crippen LogP contribution in [0.4, 0.5) is 0 Å². The monoisotopic (exact) mass is 244 g/mol. The highest BCUT2D eigenvalue weighted by atomic mass is 15.0. The van der Waals surface area contributed by atoms with E-state index in [4.69, 9.17) is 0 Å². The van der Waals surface area contributed by atoms with E-state index >= 15 is 0 Å². The second kappa shape index (κ2) is 2.15. The molecule has 7 aliphatic carbocycles. The number of hydrogen-bond donors (Lipinski definition) is 0. The van der Waals surface area contributed by atoms with Gasteiger partial charge in [0.1, 0.15) is 0 Å². The molecule has 0 aromatic heterocycles. The highest BCUT2D eigenvalue weighted by Crippen LogP contribution is 3.01. The third kappa shape index (κ3) is 0.510. The van der Waals surface area contributed by atoms with Gasteiger partial charge >= 0.3 is 0 Å². The van der Waals surface area contributed by atoms with E-state index in [1.807, 2.05) is 0 Å². The highest BCUT2D eigenvalue weighted by Gasteiger charge is 2.95. The van der Waals surface area contributed by atoms with Crippen molar-refractivity contribution < 1.29 is 0 Å². The Morgan fingerprint density at radius 2 is 1.39 bits per heavy atom. The zero-order chi connectivity index (χ0) is 12.9. The molecule has 0 heterocycles. The molecule has 18 heavy (non-hydrogen) atoms. The summed E-state index contributed by atoms with van der Waals surface area (Å²) in [6, 6.07) is 0. The zero-order valence-corrected chi connectivity index (χ0v) is 12.9. The summed E-state index contributed by atoms with van der Waals surface area (Å²) in [5.41, 5.74) is 3.31. The normalized spacial score (nSPS) is 82.3. The van der Waals surface area contributed by atoms with Crippen LogP contribution in [0.15, 0.2) is 0 Å². The Balaban J connectivity index is 1.96. The molecular weight excluding hydrogens is 216 g/mol. The van der Waals surface area contributed by atoms with Gasteiger partial charge in [-0.25, -0.2) is 0 Å². The Kier molecular flexibility index (Phi) is 1.28. The molecule has 0 saturated heterocycles. The molecule has 0 amide bonds. The van der Waals surface area contributed by atoms with Crippen molar-refractivity contribution in [1.29, 1.82) is 0 Å². The Hall–Kier alpha value is 0. The van der Waals surface area contributed by atoms with Gasteiger partial charge < -0.3 is 0 Å². The maximum Gasteiger partial charge on any atom is -0.0148 e. The minimum atomic E-state index is 0.623. The van der Waals surface area contributed by atoms with Gasteiger partial charge in [0.15, 0.2) is 0 Å². The Bertz CT molecular complexity index is 490. The lowest BCUT2D eigenvalue weighted by Gasteiger charge is -2.62. The molecule has 0 nitrogen and oxygen atoms in total. The summed E-state index contributed by atoms with van der Waals surface area (Å²) in [5.74, 6) is 4.03. The second-order valence-electron chi connectivity index (χ2n) is 9.68. The van der Waals surface area contributed by atoms with Crippen molar-refractivity contribution in [2.24, 2.45) is 50.7 Å². The quantitative estimate of drug-likeness (QED) is 0.577. The summed E-state index contributed by atoms with van der Waals surface area (Å²) in [4.78, 5) is 0. The van der Waals surface area contributed by atoms with Crippen LogP contribution in [0.1, 0.15) is 60.8 Å². The summed E-state index contributed by atoms with van der Waals surface area (Å²) in [7, 11) is 0. The molecule has 9 unspecified atom stereocenters. The second-order valence-corrected chi connectivity index (χ2v) is 9.68. The molecule has 7 aliphatic rings. The summed E-state index contributed by atoms with van der Waals surface area (Å²) in [6.45, 7) is 16.0. The van der Waals surface area contributed by atoms with Crippen molar-refractivity contribution in [3.63, 3.8) is 0 Å². The first-order valence-electron chi connectivity index (χ1n) is 8.21. The average molecular weight is 244 g/mol. The predicted molar refractivity (Wildman–Crippen MR) is 74.0 cm³/mol. The molecule has 7 bridgehead atoms. The Labute approximate surface area is 112 Å². The topological polar surface area (TPSA) is 0 Å². The summed E-state index contributed by atoms with van der Waals surface area (Å²) >= 11 is 0. The molecule has 1 spiro atoms. The number of rotatable bonds is 0. The maximum absolute atomic E-state index is 2.72. The summed E-state index contributed by atoms with van der Waals surface area (Å²) in [5, 5.41) is 0. The minimum Gasteiger partial charge on any atom is -0.0617 e. The molecule has 7 saturated carbocycles. The van der Waals surface area contributed by atoms with Crippen LogP contribution in [0.5, 0.6) is 0 Å². The van der Waals surface area contributed by atoms with Crippen LogP contribution >= 0.6 is 0 Å². The predicted octanol–water partition coefficient (Wildman–Crippen LogP) is 4.74. The SMILES string of the molecule is CC1C2CC34CC5C(C)C3(C)C(C)(C1(C)C4)C25C. The fourth-order valence-electron chi connectivity index (χ4n) is 10.1. The standard InChI is InChI=1S/C18H28/c1-10-12-7-18-8-13-11(2)16(18,5)17(6,15(12,13)4)14(10,3)9-18/h10-13H,7-9H2,1-6H3. The lowest BCUT2D eigenvalue weighted by Crippen LogP contribution is -2.57. The van der Waals surface area contributed by atoms with Gasteiger partial charge in [-0.15, -0.1) is 0 Å². The van der Waals surface area contributed by atoms with Crippen LogP contribution in [0.3, 0.4) is 0 Å². The first kappa shape index (κ1) is 10.7. The van der Waals surface area contributed by atoms with E-state index in [9.17, 15) is 0 Å². The molecule has 100 valence electrons. The maximum atomic E-state index is 2.72. The van der Waals surface area contributed by atoms with Crippen molar-refractivity contribution in [1.82, 2.24) is 0 Å². The Morgan fingerprint density at radius 1 is 0.833 bits per heavy atom. The largest absolute Gasteiger partial charge is 0.0617 e. The molecule has 0 radical (unpaired) electrons. The molecule has 0 heteroatoms. The fraction of sp³-hybridized carbons (Fsp3) is 1.00. The molecule has 0 aromatic carbocycles. The van der Waals surface area contributed by atoms with E-state index in [1.54, 1.807) is 19.3 Å². The van der Waals surface area contributed by atoms with Crippen LogP contribution in [0.25, 0.3) is 0 Å². The minimum absolute atomic E-state index is 0.623. The third-order valence-corrected chi connectivity index (χ3v) is 11.0. The molecule has 0 aliphatic heterocycles. The number of hydrogen-bond acceptors (Lipinski definition) is 0. The van der Waals surface area contributed by atoms with Crippen LogP contribution in [0, 0.1) is 50.7 Å². The molecular formula is C18H28. The average Bonchev–Trinajstić information content (AvgIpc) is 2.64. The third-order valence-electron chi connectivity index (χ3n) is 11.0. The van der Waals surface area contributed by atoms with Crippen LogP contribution < -0.4 is 0 Å².